The average molecular weight is 259 g/mol. The highest BCUT2D eigenvalue weighted by atomic mass is 19.3. The molecule has 0 saturated heterocycles. The molecular weight excluding hydrogens is 236 g/mol. The molecule has 0 radical (unpaired) electrons. The van der Waals surface area contributed by atoms with Gasteiger partial charge in [0.2, 0.25) is 0 Å². The fraction of sp³-hybridized carbons (Fsp3) is 0.923. The van der Waals surface area contributed by atoms with Gasteiger partial charge in [-0.2, -0.15) is 5.26 Å². The van der Waals surface area contributed by atoms with E-state index in [1.54, 1.807) is 11.9 Å². The van der Waals surface area contributed by atoms with Gasteiger partial charge in [0, 0.05) is 6.04 Å². The molecule has 1 unspecified atom stereocenters. The molecule has 0 heterocycles. The minimum atomic E-state index is -2.27. The van der Waals surface area contributed by atoms with Gasteiger partial charge in [-0.3, -0.25) is 5.32 Å². The second-order valence-electron chi connectivity index (χ2n) is 5.47. The van der Waals surface area contributed by atoms with Crippen LogP contribution in [0.15, 0.2) is 0 Å². The zero-order chi connectivity index (χ0) is 13.6. The number of hydrogen-bond acceptors (Lipinski definition) is 3. The Kier molecular flexibility index (Phi) is 5.97. The Labute approximate surface area is 108 Å². The molecule has 0 aromatic carbocycles. The van der Waals surface area contributed by atoms with Crippen LogP contribution < -0.4 is 5.32 Å². The standard InChI is InChI=1S/C13H23F2N3/c1-13(10-16,17-11-5-6-11)7-3-4-8-18(2)9-12(14)15/h11-12,17H,3-9H2,1-2H3. The molecule has 5 heteroatoms. The van der Waals surface area contributed by atoms with Gasteiger partial charge in [0.25, 0.3) is 6.43 Å². The van der Waals surface area contributed by atoms with E-state index in [-0.39, 0.29) is 6.54 Å². The van der Waals surface area contributed by atoms with Gasteiger partial charge in [-0.05, 0) is 52.6 Å². The molecule has 0 spiro atoms. The van der Waals surface area contributed by atoms with Crippen LogP contribution in [0.5, 0.6) is 0 Å². The first-order valence-electron chi connectivity index (χ1n) is 6.61. The molecule has 1 rings (SSSR count). The van der Waals surface area contributed by atoms with E-state index in [0.29, 0.717) is 12.6 Å². The van der Waals surface area contributed by atoms with Crippen LogP contribution in [-0.2, 0) is 0 Å². The van der Waals surface area contributed by atoms with Gasteiger partial charge < -0.3 is 4.90 Å². The lowest BCUT2D eigenvalue weighted by Crippen LogP contribution is -2.42. The molecule has 0 aromatic rings. The van der Waals surface area contributed by atoms with Gasteiger partial charge in [-0.15, -0.1) is 0 Å². The highest BCUT2D eigenvalue weighted by molar-refractivity contribution is 5.06. The van der Waals surface area contributed by atoms with Crippen LogP contribution in [0.4, 0.5) is 8.78 Å². The van der Waals surface area contributed by atoms with Gasteiger partial charge in [0.1, 0.15) is 5.54 Å². The van der Waals surface area contributed by atoms with Crippen molar-refractivity contribution >= 4 is 0 Å². The second-order valence-corrected chi connectivity index (χ2v) is 5.47. The molecule has 18 heavy (non-hydrogen) atoms. The number of nitriles is 1. The molecule has 1 aliphatic rings. The van der Waals surface area contributed by atoms with Crippen LogP contribution in [0.3, 0.4) is 0 Å². The van der Waals surface area contributed by atoms with Gasteiger partial charge >= 0.3 is 0 Å². The summed E-state index contributed by atoms with van der Waals surface area (Å²) >= 11 is 0. The lowest BCUT2D eigenvalue weighted by molar-refractivity contribution is 0.0993. The number of nitrogens with one attached hydrogen (secondary N) is 1. The van der Waals surface area contributed by atoms with Crippen LogP contribution in [0.25, 0.3) is 0 Å². The number of hydrogen-bond donors (Lipinski definition) is 1. The van der Waals surface area contributed by atoms with E-state index >= 15 is 0 Å². The SMILES string of the molecule is CN(CCCCC(C)(C#N)NC1CC1)CC(F)F. The van der Waals surface area contributed by atoms with Crippen molar-refractivity contribution in [3.05, 3.63) is 0 Å². The van der Waals surface area contributed by atoms with E-state index in [2.05, 4.69) is 11.4 Å². The van der Waals surface area contributed by atoms with Crippen molar-refractivity contribution in [3.8, 4) is 6.07 Å². The summed E-state index contributed by atoms with van der Waals surface area (Å²) in [5, 5.41) is 12.5. The number of rotatable bonds is 9. The summed E-state index contributed by atoms with van der Waals surface area (Å²) in [5.74, 6) is 0. The Balaban J connectivity index is 2.13. The highest BCUT2D eigenvalue weighted by Crippen LogP contribution is 2.24. The van der Waals surface area contributed by atoms with Crippen molar-refractivity contribution in [3.63, 3.8) is 0 Å². The second kappa shape index (κ2) is 7.01. The lowest BCUT2D eigenvalue weighted by Gasteiger charge is -2.23. The predicted molar refractivity (Wildman–Crippen MR) is 67.5 cm³/mol. The van der Waals surface area contributed by atoms with Crippen LogP contribution in [-0.4, -0.2) is 43.0 Å². The fourth-order valence-electron chi connectivity index (χ4n) is 2.03. The molecule has 1 fully saturated rings. The van der Waals surface area contributed by atoms with E-state index in [1.165, 1.54) is 0 Å². The minimum absolute atomic E-state index is 0.171. The van der Waals surface area contributed by atoms with E-state index in [4.69, 9.17) is 5.26 Å². The molecular formula is C13H23F2N3. The summed E-state index contributed by atoms with van der Waals surface area (Å²) in [6.07, 6.45) is 2.58. The van der Waals surface area contributed by atoms with Crippen LogP contribution in [0.2, 0.25) is 0 Å². The minimum Gasteiger partial charge on any atom is -0.301 e. The van der Waals surface area contributed by atoms with Crippen molar-refractivity contribution in [2.45, 2.75) is 57.0 Å². The summed E-state index contributed by atoms with van der Waals surface area (Å²) in [6.45, 7) is 2.42. The maximum atomic E-state index is 12.1. The third-order valence-electron chi connectivity index (χ3n) is 3.26. The largest absolute Gasteiger partial charge is 0.301 e. The monoisotopic (exact) mass is 259 g/mol. The van der Waals surface area contributed by atoms with Crippen molar-refractivity contribution in [2.75, 3.05) is 20.1 Å². The van der Waals surface area contributed by atoms with Crippen molar-refractivity contribution in [1.29, 1.82) is 5.26 Å². The Hall–Kier alpha value is -0.730. The normalized spacial score (nSPS) is 18.9. The van der Waals surface area contributed by atoms with Gasteiger partial charge in [-0.1, -0.05) is 0 Å². The van der Waals surface area contributed by atoms with Crippen molar-refractivity contribution in [2.24, 2.45) is 0 Å². The van der Waals surface area contributed by atoms with Crippen molar-refractivity contribution in [1.82, 2.24) is 10.2 Å². The number of alkyl halides is 2. The van der Waals surface area contributed by atoms with E-state index in [0.717, 1.165) is 32.1 Å². The molecule has 1 saturated carbocycles. The van der Waals surface area contributed by atoms with Crippen LogP contribution >= 0.6 is 0 Å². The van der Waals surface area contributed by atoms with Gasteiger partial charge in [0.15, 0.2) is 0 Å². The summed E-state index contributed by atoms with van der Waals surface area (Å²) in [5.41, 5.74) is -0.456. The predicted octanol–water partition coefficient (Wildman–Crippen LogP) is 2.39. The quantitative estimate of drug-likeness (QED) is 0.646. The smallest absolute Gasteiger partial charge is 0.251 e. The number of unbranched alkanes of at least 4 members (excludes halogenated alkanes) is 1. The van der Waals surface area contributed by atoms with Gasteiger partial charge in [-0.25, -0.2) is 8.78 Å². The van der Waals surface area contributed by atoms with E-state index in [9.17, 15) is 8.78 Å². The average Bonchev–Trinajstić information content (AvgIpc) is 3.07. The van der Waals surface area contributed by atoms with E-state index in [1.807, 2.05) is 6.92 Å². The summed E-state index contributed by atoms with van der Waals surface area (Å²) in [7, 11) is 1.71. The third-order valence-corrected chi connectivity index (χ3v) is 3.26. The fourth-order valence-corrected chi connectivity index (χ4v) is 2.03. The molecule has 1 atom stereocenters. The summed E-state index contributed by atoms with van der Waals surface area (Å²) in [6, 6.07) is 2.84. The number of halogens is 2. The summed E-state index contributed by atoms with van der Waals surface area (Å²) < 4.78 is 24.2. The van der Waals surface area contributed by atoms with Crippen LogP contribution in [0.1, 0.15) is 39.0 Å². The van der Waals surface area contributed by atoms with E-state index < -0.39 is 12.0 Å². The molecule has 0 amide bonds. The first-order chi connectivity index (χ1) is 8.45. The first kappa shape index (κ1) is 15.3. The van der Waals surface area contributed by atoms with Crippen molar-refractivity contribution < 1.29 is 8.78 Å². The lowest BCUT2D eigenvalue weighted by atomic mass is 9.96. The molecule has 1 aliphatic carbocycles. The Morgan fingerprint density at radius 3 is 2.61 bits per heavy atom. The zero-order valence-corrected chi connectivity index (χ0v) is 11.3. The zero-order valence-electron chi connectivity index (χ0n) is 11.3. The molecule has 104 valence electrons. The molecule has 0 aliphatic heterocycles. The van der Waals surface area contributed by atoms with Crippen LogP contribution in [0, 0.1) is 11.3 Å². The Bertz CT molecular complexity index is 286. The summed E-state index contributed by atoms with van der Waals surface area (Å²) in [4.78, 5) is 1.64. The third kappa shape index (κ3) is 6.27. The molecule has 3 nitrogen and oxygen atoms in total. The Morgan fingerprint density at radius 2 is 2.11 bits per heavy atom. The first-order valence-corrected chi connectivity index (χ1v) is 6.61. The highest BCUT2D eigenvalue weighted by Gasteiger charge is 2.31. The van der Waals surface area contributed by atoms with Gasteiger partial charge in [0.05, 0.1) is 12.6 Å². The topological polar surface area (TPSA) is 39.1 Å². The molecule has 1 N–H and O–H groups in total. The maximum absolute atomic E-state index is 12.1. The maximum Gasteiger partial charge on any atom is 0.251 e. The molecule has 0 bridgehead atoms. The molecule has 0 aromatic heterocycles. The number of nitrogens with zero attached hydrogens (tertiary/aromatic N) is 2. The Morgan fingerprint density at radius 1 is 1.44 bits per heavy atom.